The molecule has 10 aromatic carbocycles. The van der Waals surface area contributed by atoms with Crippen LogP contribution in [0.3, 0.4) is 0 Å². The number of methoxy groups -OCH3 is 4. The molecule has 0 spiro atoms. The fraction of sp³-hybridized carbons (Fsp3) is 0.350. The van der Waals surface area contributed by atoms with E-state index in [0.29, 0.717) is 170 Å². The summed E-state index contributed by atoms with van der Waals surface area (Å²) < 4.78 is 130. The predicted molar refractivity (Wildman–Crippen MR) is 514 cm³/mol. The van der Waals surface area contributed by atoms with E-state index >= 15 is 0 Å². The molecule has 4 fully saturated rings. The second kappa shape index (κ2) is 54.7. The fourth-order valence-electron chi connectivity index (χ4n) is 13.4. The summed E-state index contributed by atoms with van der Waals surface area (Å²) in [6, 6.07) is 62.6. The average molecular weight is 1840 g/mol. The van der Waals surface area contributed by atoms with Gasteiger partial charge in [0.05, 0.1) is 77.1 Å². The van der Waals surface area contributed by atoms with Crippen molar-refractivity contribution in [3.8, 4) is 57.5 Å². The molecular formula is C100H112B5N5O25. The quantitative estimate of drug-likeness (QED) is 0.0160. The molecule has 0 saturated carbocycles. The minimum Gasteiger partial charge on any atom is -0.457 e. The van der Waals surface area contributed by atoms with Crippen LogP contribution in [-0.4, -0.2) is 165 Å². The van der Waals surface area contributed by atoms with Gasteiger partial charge in [-0.2, -0.15) is 0 Å². The normalized spacial score (nSPS) is 14.7. The summed E-state index contributed by atoms with van der Waals surface area (Å²) in [6.45, 7) is 57.8. The summed E-state index contributed by atoms with van der Waals surface area (Å²) in [5, 5.41) is 19.0. The standard InChI is InChI=1S/C22H26BNO5.C21H24BNO5.C20H22BNO5.C19H20BNO5.C18H20BNO5/c1-21(2)22(3,4)29-23(28-21)20-12-11-19(13-16(20)14-26-15-25-6)27-18-9-7-17(24-5)8-10-18;1-21(2)13-26-22(27-14-21)20-10-9-19(11-16(20)12-25-15-24-4)28-18-7-5-17(23-3)6-8-18;1-22-17-5-7-18(8-6-17)27-19-9-10-20(16(13-19)14-24-15-23-2)21-25-11-3-4-12-26-21;1-21-16-4-6-17(7-5-16)26-18-8-9-19(20-24-10-3-11-25-20)15(12-18)13-23-14-22-2;1-4-23-13(2)24-12-14-11-17(9-10-18(14)19(21)22)25-16-7-5-15(20-3)6-8-16/h7-13H,14-15H2,1-4,6H3;5-11H,12-15H2,1-2,4H3;5-10,13H,3-4,11-12,14-15H2,2H3;4-9,12H,3,10-11,13-14H2,2H3;5-11,13,21-22H,4,12H2,1-2H3. The van der Waals surface area contributed by atoms with Gasteiger partial charge in [-0.05, 0) is 237 Å². The van der Waals surface area contributed by atoms with Crippen molar-refractivity contribution in [3.05, 3.63) is 297 Å². The van der Waals surface area contributed by atoms with Gasteiger partial charge in [-0.25, -0.2) is 24.2 Å². The molecule has 10 aromatic rings. The van der Waals surface area contributed by atoms with Crippen molar-refractivity contribution < 1.29 is 118 Å². The SMILES string of the molecule is [C-]#[N+]c1ccc(Oc2ccc(B(O)O)c(COC(C)OCC)c2)cc1.[C-]#[N+]c1ccc(Oc2ccc(B3OC(C)(C)C(C)(C)O3)c(COCOC)c2)cc1.[C-]#[N+]c1ccc(Oc2ccc(B3OCC(C)(C)CO3)c(COCOC)c2)cc1.[C-]#[N+]c1ccc(Oc2ccc(B3OCCCCO3)c(COCOC)c2)cc1.[C-]#[N+]c1ccc(Oc2ccc(B3OCCCO3)c(COCOC)c2)cc1. The van der Waals surface area contributed by atoms with E-state index < -0.39 is 53.1 Å². The third kappa shape index (κ3) is 33.6. The number of rotatable bonds is 36. The zero-order valence-electron chi connectivity index (χ0n) is 78.1. The summed E-state index contributed by atoms with van der Waals surface area (Å²) in [4.78, 5) is 16.9. The third-order valence-electron chi connectivity index (χ3n) is 21.0. The maximum absolute atomic E-state index is 9.51. The highest BCUT2D eigenvalue weighted by Crippen LogP contribution is 2.39. The first-order valence-corrected chi connectivity index (χ1v) is 43.7. The van der Waals surface area contributed by atoms with Gasteiger partial charge in [0.15, 0.2) is 34.7 Å². The van der Waals surface area contributed by atoms with E-state index in [0.717, 1.165) is 63.4 Å². The van der Waals surface area contributed by atoms with Gasteiger partial charge in [-0.3, -0.25) is 0 Å². The fourth-order valence-corrected chi connectivity index (χ4v) is 13.4. The van der Waals surface area contributed by atoms with Crippen molar-refractivity contribution in [1.29, 1.82) is 0 Å². The lowest BCUT2D eigenvalue weighted by Crippen LogP contribution is -2.48. The molecule has 4 aliphatic rings. The van der Waals surface area contributed by atoms with Crippen LogP contribution in [0.1, 0.15) is 102 Å². The van der Waals surface area contributed by atoms with E-state index in [9.17, 15) is 10.0 Å². The van der Waals surface area contributed by atoms with Crippen molar-refractivity contribution in [3.63, 3.8) is 0 Å². The molecule has 14 rings (SSSR count). The molecular weight excluding hydrogens is 1730 g/mol. The van der Waals surface area contributed by atoms with Gasteiger partial charge in [0, 0.05) is 80.1 Å². The zero-order valence-corrected chi connectivity index (χ0v) is 78.1. The number of benzene rings is 10. The van der Waals surface area contributed by atoms with Crippen molar-refractivity contribution in [1.82, 2.24) is 0 Å². The maximum Gasteiger partial charge on any atom is 0.495 e. The first kappa shape index (κ1) is 105. The van der Waals surface area contributed by atoms with E-state index in [1.165, 1.54) is 0 Å². The van der Waals surface area contributed by atoms with E-state index in [-0.39, 0.29) is 39.2 Å². The van der Waals surface area contributed by atoms with E-state index in [2.05, 4.69) is 38.1 Å². The molecule has 0 radical (unpaired) electrons. The van der Waals surface area contributed by atoms with Crippen LogP contribution in [0.2, 0.25) is 0 Å². The summed E-state index contributed by atoms with van der Waals surface area (Å²) in [5.41, 5.74) is 10.3. The van der Waals surface area contributed by atoms with Crippen molar-refractivity contribution >= 4 is 91.3 Å². The minimum absolute atomic E-state index is 0.00373. The lowest BCUT2D eigenvalue weighted by atomic mass is 9.73. The Morgan fingerprint density at radius 1 is 0.333 bits per heavy atom. The molecule has 4 aliphatic heterocycles. The molecule has 135 heavy (non-hydrogen) atoms. The molecule has 35 heteroatoms. The Morgan fingerprint density at radius 3 is 0.867 bits per heavy atom. The summed E-state index contributed by atoms with van der Waals surface area (Å²) in [6.07, 6.45) is 2.48. The van der Waals surface area contributed by atoms with Crippen molar-refractivity contribution in [2.75, 3.05) is 102 Å². The Labute approximate surface area is 792 Å². The highest BCUT2D eigenvalue weighted by molar-refractivity contribution is 6.63. The molecule has 4 heterocycles. The molecule has 2 N–H and O–H groups in total. The van der Waals surface area contributed by atoms with Gasteiger partial charge in [-0.15, -0.1) is 0 Å². The Hall–Kier alpha value is -11.8. The first-order valence-electron chi connectivity index (χ1n) is 43.7. The second-order valence-electron chi connectivity index (χ2n) is 32.5. The van der Waals surface area contributed by atoms with E-state index in [1.807, 2.05) is 107 Å². The Bertz CT molecular complexity index is 5520. The monoisotopic (exact) mass is 1840 g/mol. The van der Waals surface area contributed by atoms with Gasteiger partial charge < -0.3 is 118 Å². The van der Waals surface area contributed by atoms with E-state index in [4.69, 9.17) is 141 Å². The largest absolute Gasteiger partial charge is 0.495 e. The minimum atomic E-state index is -1.60. The van der Waals surface area contributed by atoms with Crippen LogP contribution in [0.5, 0.6) is 57.5 Å². The van der Waals surface area contributed by atoms with Gasteiger partial charge in [0.25, 0.3) is 0 Å². The number of hydrogen-bond donors (Lipinski definition) is 2. The molecule has 0 aromatic heterocycles. The summed E-state index contributed by atoms with van der Waals surface area (Å²) in [5.74, 6) is 6.46. The summed E-state index contributed by atoms with van der Waals surface area (Å²) in [7, 11) is 3.02. The smallest absolute Gasteiger partial charge is 0.457 e. The third-order valence-corrected chi connectivity index (χ3v) is 21.0. The highest BCUT2D eigenvalue weighted by Gasteiger charge is 2.52. The number of hydrogen-bond acceptors (Lipinski definition) is 25. The molecule has 0 amide bonds. The van der Waals surface area contributed by atoms with Crippen molar-refractivity contribution in [2.24, 2.45) is 5.41 Å². The number of nitrogens with zero attached hydrogens (tertiary/aromatic N) is 5. The zero-order chi connectivity index (χ0) is 96.4. The van der Waals surface area contributed by atoms with Crippen LogP contribution in [0.4, 0.5) is 28.4 Å². The molecule has 702 valence electrons. The van der Waals surface area contributed by atoms with E-state index in [1.54, 1.807) is 175 Å². The lowest BCUT2D eigenvalue weighted by Gasteiger charge is -2.33. The summed E-state index contributed by atoms with van der Waals surface area (Å²) >= 11 is 0. The molecule has 1 atom stereocenters. The molecule has 1 unspecified atom stereocenters. The maximum atomic E-state index is 9.51. The van der Waals surface area contributed by atoms with Crippen LogP contribution in [0.15, 0.2) is 212 Å². The Kier molecular flexibility index (Phi) is 42.6. The Balaban J connectivity index is 0.000000175. The Morgan fingerprint density at radius 2 is 0.593 bits per heavy atom. The molecule has 30 nitrogen and oxygen atoms in total. The van der Waals surface area contributed by atoms with Gasteiger partial charge in [0.1, 0.15) is 84.7 Å². The molecule has 4 saturated heterocycles. The molecule has 0 bridgehead atoms. The van der Waals surface area contributed by atoms with Crippen LogP contribution >= 0.6 is 0 Å². The van der Waals surface area contributed by atoms with Crippen LogP contribution in [0.25, 0.3) is 24.2 Å². The predicted octanol–water partition coefficient (Wildman–Crippen LogP) is 17.9. The van der Waals surface area contributed by atoms with Gasteiger partial charge in [0.2, 0.25) is 0 Å². The average Bonchev–Trinajstić information content (AvgIpc) is 1.62. The topological polar surface area (TPSA) is 275 Å². The van der Waals surface area contributed by atoms with Crippen LogP contribution < -0.4 is 51.0 Å². The van der Waals surface area contributed by atoms with Crippen LogP contribution in [0, 0.1) is 38.3 Å². The number of ether oxygens (including phenoxy) is 15. The molecule has 0 aliphatic carbocycles. The second-order valence-corrected chi connectivity index (χ2v) is 32.5. The van der Waals surface area contributed by atoms with Crippen molar-refractivity contribution in [2.45, 2.75) is 125 Å². The lowest BCUT2D eigenvalue weighted by molar-refractivity contribution is -0.134. The van der Waals surface area contributed by atoms with Gasteiger partial charge >= 0.3 is 35.6 Å². The van der Waals surface area contributed by atoms with Gasteiger partial charge in [-0.1, -0.05) is 105 Å². The highest BCUT2D eigenvalue weighted by atomic mass is 16.7. The van der Waals surface area contributed by atoms with Crippen LogP contribution in [-0.2, 0) is 118 Å². The first-order chi connectivity index (χ1) is 65.4.